The van der Waals surface area contributed by atoms with E-state index >= 15 is 0 Å². The van der Waals surface area contributed by atoms with Gasteiger partial charge in [-0.15, -0.1) is 0 Å². The number of hydrogen-bond donors (Lipinski definition) is 1. The van der Waals surface area contributed by atoms with Crippen molar-refractivity contribution in [2.24, 2.45) is 4.99 Å². The van der Waals surface area contributed by atoms with E-state index in [1.165, 1.54) is 0 Å². The fraction of sp³-hybridized carbons (Fsp3) is 0.0741. The summed E-state index contributed by atoms with van der Waals surface area (Å²) in [6.45, 7) is 0.538. The van der Waals surface area contributed by atoms with Crippen molar-refractivity contribution in [3.8, 4) is 0 Å². The first-order valence-electron chi connectivity index (χ1n) is 10.6. The zero-order valence-electron chi connectivity index (χ0n) is 17.7. The highest BCUT2D eigenvalue weighted by molar-refractivity contribution is 7.99. The summed E-state index contributed by atoms with van der Waals surface area (Å²) in [6.07, 6.45) is 4.28. The lowest BCUT2D eigenvalue weighted by Crippen LogP contribution is -2.25. The lowest BCUT2D eigenvalue weighted by atomic mass is 10.0. The summed E-state index contributed by atoms with van der Waals surface area (Å²) in [4.78, 5) is 24.0. The maximum Gasteiger partial charge on any atom is 0.251 e. The number of hydrogen-bond acceptors (Lipinski definition) is 4. The normalized spacial score (nSPS) is 12.2. The van der Waals surface area contributed by atoms with Crippen molar-refractivity contribution in [2.45, 2.75) is 16.2 Å². The zero-order chi connectivity index (χ0) is 22.6. The molecule has 33 heavy (non-hydrogen) atoms. The Morgan fingerprint density at radius 3 is 2.55 bits per heavy atom. The molecule has 1 aliphatic rings. The number of nitrogens with one attached hydrogen (secondary N) is 1. The molecule has 4 nitrogen and oxygen atoms in total. The third-order valence-corrected chi connectivity index (χ3v) is 6.84. The molecule has 4 aromatic rings. The molecule has 0 spiro atoms. The van der Waals surface area contributed by atoms with Crippen molar-refractivity contribution in [1.82, 2.24) is 10.3 Å². The van der Waals surface area contributed by atoms with E-state index < -0.39 is 0 Å². The Balaban J connectivity index is 1.46. The molecule has 0 unspecified atom stereocenters. The first-order chi connectivity index (χ1) is 16.2. The number of halogens is 1. The Morgan fingerprint density at radius 2 is 1.73 bits per heavy atom. The minimum absolute atomic E-state index is 0.122. The summed E-state index contributed by atoms with van der Waals surface area (Å²) in [5.41, 5.74) is 5.11. The van der Waals surface area contributed by atoms with Crippen LogP contribution in [0.3, 0.4) is 0 Å². The van der Waals surface area contributed by atoms with Gasteiger partial charge in [0.05, 0.1) is 11.4 Å². The average molecular weight is 470 g/mol. The summed E-state index contributed by atoms with van der Waals surface area (Å²) in [5.74, 6) is -0.122. The minimum atomic E-state index is -0.122. The topological polar surface area (TPSA) is 54.4 Å². The zero-order valence-corrected chi connectivity index (χ0v) is 19.2. The second kappa shape index (κ2) is 9.61. The highest BCUT2D eigenvalue weighted by atomic mass is 35.5. The molecule has 1 aromatic heterocycles. The van der Waals surface area contributed by atoms with Crippen LogP contribution in [-0.2, 0) is 6.42 Å². The Hall–Kier alpha value is -3.41. The van der Waals surface area contributed by atoms with Gasteiger partial charge in [-0.25, -0.2) is 4.99 Å². The Labute approximate surface area is 201 Å². The van der Waals surface area contributed by atoms with E-state index in [9.17, 15) is 4.79 Å². The number of carbonyl (C=O) groups is 1. The van der Waals surface area contributed by atoms with E-state index in [1.54, 1.807) is 18.0 Å². The van der Waals surface area contributed by atoms with Crippen LogP contribution in [0.15, 0.2) is 106 Å². The standard InChI is InChI=1S/C27H20ClN3OS/c28-22-9-3-1-7-20(22)26-21-8-2-4-10-24(21)33-25-12-11-19(16-23(25)31-26)27(32)30-15-13-18-6-5-14-29-17-18/h1-12,14,16-17H,13,15H2,(H,30,32). The van der Waals surface area contributed by atoms with Gasteiger partial charge in [0.1, 0.15) is 0 Å². The molecule has 0 aliphatic carbocycles. The molecule has 5 rings (SSSR count). The van der Waals surface area contributed by atoms with E-state index in [0.29, 0.717) is 17.1 Å². The Bertz CT molecular complexity index is 1350. The fourth-order valence-electron chi connectivity index (χ4n) is 3.71. The third kappa shape index (κ3) is 4.70. The number of benzene rings is 3. The highest BCUT2D eigenvalue weighted by Gasteiger charge is 2.21. The first-order valence-corrected chi connectivity index (χ1v) is 11.8. The summed E-state index contributed by atoms with van der Waals surface area (Å²) < 4.78 is 0. The number of aliphatic imine (C=N–C) groups is 1. The number of nitrogens with zero attached hydrogens (tertiary/aromatic N) is 2. The van der Waals surface area contributed by atoms with E-state index in [-0.39, 0.29) is 5.91 Å². The van der Waals surface area contributed by atoms with Crippen LogP contribution >= 0.6 is 23.4 Å². The predicted molar refractivity (Wildman–Crippen MR) is 134 cm³/mol. The molecule has 0 bridgehead atoms. The van der Waals surface area contributed by atoms with Crippen LogP contribution in [0.4, 0.5) is 5.69 Å². The summed E-state index contributed by atoms with van der Waals surface area (Å²) in [7, 11) is 0. The van der Waals surface area contributed by atoms with E-state index in [2.05, 4.69) is 22.4 Å². The smallest absolute Gasteiger partial charge is 0.251 e. The van der Waals surface area contributed by atoms with Crippen LogP contribution in [0.25, 0.3) is 0 Å². The van der Waals surface area contributed by atoms with Crippen LogP contribution in [0, 0.1) is 0 Å². The monoisotopic (exact) mass is 469 g/mol. The fourth-order valence-corrected chi connectivity index (χ4v) is 4.94. The van der Waals surface area contributed by atoms with Gasteiger partial charge in [0, 0.05) is 50.4 Å². The molecule has 0 atom stereocenters. The van der Waals surface area contributed by atoms with Gasteiger partial charge in [0.25, 0.3) is 5.91 Å². The lowest BCUT2D eigenvalue weighted by molar-refractivity contribution is 0.0954. The van der Waals surface area contributed by atoms with Crippen molar-refractivity contribution < 1.29 is 4.79 Å². The molecular formula is C27H20ClN3OS. The maximum absolute atomic E-state index is 12.8. The van der Waals surface area contributed by atoms with Gasteiger partial charge in [0.15, 0.2) is 0 Å². The molecule has 0 fully saturated rings. The molecule has 1 aliphatic heterocycles. The van der Waals surface area contributed by atoms with Crippen molar-refractivity contribution in [3.63, 3.8) is 0 Å². The van der Waals surface area contributed by atoms with Crippen LogP contribution in [0.5, 0.6) is 0 Å². The molecule has 1 amide bonds. The number of rotatable bonds is 5. The number of aromatic nitrogens is 1. The molecule has 6 heteroatoms. The largest absolute Gasteiger partial charge is 0.352 e. The highest BCUT2D eigenvalue weighted by Crippen LogP contribution is 2.42. The second-order valence-electron chi connectivity index (χ2n) is 7.59. The van der Waals surface area contributed by atoms with Crippen molar-refractivity contribution in [2.75, 3.05) is 6.54 Å². The Morgan fingerprint density at radius 1 is 0.909 bits per heavy atom. The molecule has 162 valence electrons. The quantitative estimate of drug-likeness (QED) is 0.326. The van der Waals surface area contributed by atoms with Crippen LogP contribution < -0.4 is 5.32 Å². The molecule has 3 aromatic carbocycles. The van der Waals surface area contributed by atoms with Crippen LogP contribution in [0.2, 0.25) is 5.02 Å². The van der Waals surface area contributed by atoms with E-state index in [4.69, 9.17) is 16.6 Å². The number of carbonyl (C=O) groups excluding carboxylic acids is 1. The number of amides is 1. The first kappa shape index (κ1) is 21.4. The van der Waals surface area contributed by atoms with E-state index in [1.807, 2.05) is 72.9 Å². The predicted octanol–water partition coefficient (Wildman–Crippen LogP) is 6.34. The number of pyridine rings is 1. The molecule has 2 heterocycles. The molecular weight excluding hydrogens is 450 g/mol. The summed E-state index contributed by atoms with van der Waals surface area (Å²) >= 11 is 8.18. The molecule has 0 radical (unpaired) electrons. The van der Waals surface area contributed by atoms with Gasteiger partial charge in [-0.2, -0.15) is 0 Å². The van der Waals surface area contributed by atoms with E-state index in [0.717, 1.165) is 44.3 Å². The minimum Gasteiger partial charge on any atom is -0.352 e. The molecule has 0 saturated heterocycles. The number of fused-ring (bicyclic) bond motifs is 2. The van der Waals surface area contributed by atoms with Crippen LogP contribution in [0.1, 0.15) is 27.0 Å². The summed E-state index contributed by atoms with van der Waals surface area (Å²) in [6, 6.07) is 25.4. The van der Waals surface area contributed by atoms with Crippen LogP contribution in [-0.4, -0.2) is 23.1 Å². The van der Waals surface area contributed by atoms with Gasteiger partial charge in [-0.1, -0.05) is 65.8 Å². The molecule has 1 N–H and O–H groups in total. The van der Waals surface area contributed by atoms with Gasteiger partial charge < -0.3 is 5.32 Å². The summed E-state index contributed by atoms with van der Waals surface area (Å²) in [5, 5.41) is 3.64. The third-order valence-electron chi connectivity index (χ3n) is 5.37. The average Bonchev–Trinajstić information content (AvgIpc) is 3.01. The molecule has 0 saturated carbocycles. The van der Waals surface area contributed by atoms with Crippen molar-refractivity contribution in [1.29, 1.82) is 0 Å². The lowest BCUT2D eigenvalue weighted by Gasteiger charge is -2.10. The van der Waals surface area contributed by atoms with Gasteiger partial charge in [-0.3, -0.25) is 9.78 Å². The van der Waals surface area contributed by atoms with Crippen molar-refractivity contribution in [3.05, 3.63) is 119 Å². The SMILES string of the molecule is O=C(NCCc1cccnc1)c1ccc2c(c1)N=C(c1ccccc1Cl)c1ccccc1S2. The van der Waals surface area contributed by atoms with Crippen molar-refractivity contribution >= 4 is 40.7 Å². The Kier molecular flexibility index (Phi) is 6.24. The van der Waals surface area contributed by atoms with Gasteiger partial charge >= 0.3 is 0 Å². The van der Waals surface area contributed by atoms with Gasteiger partial charge in [-0.05, 0) is 48.4 Å². The van der Waals surface area contributed by atoms with Gasteiger partial charge in [0.2, 0.25) is 0 Å². The maximum atomic E-state index is 12.8. The second-order valence-corrected chi connectivity index (χ2v) is 9.08.